The molecule has 2 radical (unpaired) electrons. The minimum Gasteiger partial charge on any atom is -0.496 e. The van der Waals surface area contributed by atoms with Gasteiger partial charge in [-0.25, -0.2) is 4.79 Å². The van der Waals surface area contributed by atoms with Gasteiger partial charge in [-0.05, 0) is 26.8 Å². The predicted octanol–water partition coefficient (Wildman–Crippen LogP) is 1.46. The van der Waals surface area contributed by atoms with Crippen LogP contribution in [0.15, 0.2) is 6.07 Å². The van der Waals surface area contributed by atoms with E-state index in [1.807, 2.05) is 0 Å². The fourth-order valence-corrected chi connectivity index (χ4v) is 1.73. The molecule has 0 amide bonds. The standard InChI is InChI=1S/C14H19BO5/c1-14(2,3)20-13(16)10-11(18-5)8(15)7-9(17-4)12(10)19-6/h7H,1-6H3. The Morgan fingerprint density at radius 3 is 2.00 bits per heavy atom. The molecule has 0 unspecified atom stereocenters. The molecule has 108 valence electrons. The van der Waals surface area contributed by atoms with E-state index in [-0.39, 0.29) is 22.5 Å². The van der Waals surface area contributed by atoms with Gasteiger partial charge in [-0.2, -0.15) is 0 Å². The molecule has 1 aromatic rings. The summed E-state index contributed by atoms with van der Waals surface area (Å²) in [5, 5.41) is 0. The fraction of sp³-hybridized carbons (Fsp3) is 0.500. The number of hydrogen-bond acceptors (Lipinski definition) is 5. The third-order valence-electron chi connectivity index (χ3n) is 2.46. The van der Waals surface area contributed by atoms with Crippen molar-refractivity contribution in [3.05, 3.63) is 11.6 Å². The molecule has 1 aromatic carbocycles. The van der Waals surface area contributed by atoms with Gasteiger partial charge in [-0.3, -0.25) is 0 Å². The van der Waals surface area contributed by atoms with Crippen molar-refractivity contribution in [1.29, 1.82) is 0 Å². The zero-order valence-corrected chi connectivity index (χ0v) is 12.7. The second-order valence-electron chi connectivity index (χ2n) is 5.11. The van der Waals surface area contributed by atoms with Crippen molar-refractivity contribution in [2.75, 3.05) is 21.3 Å². The molecule has 20 heavy (non-hydrogen) atoms. The van der Waals surface area contributed by atoms with Crippen LogP contribution in [0, 0.1) is 0 Å². The molecule has 0 aliphatic rings. The Balaban J connectivity index is 3.48. The number of esters is 1. The van der Waals surface area contributed by atoms with E-state index in [0.29, 0.717) is 5.75 Å². The van der Waals surface area contributed by atoms with Crippen LogP contribution in [-0.4, -0.2) is 40.7 Å². The topological polar surface area (TPSA) is 54.0 Å². The summed E-state index contributed by atoms with van der Waals surface area (Å²) in [5.41, 5.74) is -0.266. The van der Waals surface area contributed by atoms with Crippen LogP contribution in [0.5, 0.6) is 17.2 Å². The highest BCUT2D eigenvalue weighted by atomic mass is 16.6. The largest absolute Gasteiger partial charge is 0.496 e. The molecule has 0 aromatic heterocycles. The lowest BCUT2D eigenvalue weighted by molar-refractivity contribution is 0.00630. The van der Waals surface area contributed by atoms with Crippen LogP contribution in [0.25, 0.3) is 0 Å². The molecule has 0 N–H and O–H groups in total. The first-order valence-corrected chi connectivity index (χ1v) is 6.07. The number of methoxy groups -OCH3 is 3. The summed E-state index contributed by atoms with van der Waals surface area (Å²) < 4.78 is 21.0. The first-order valence-electron chi connectivity index (χ1n) is 6.07. The van der Waals surface area contributed by atoms with Crippen molar-refractivity contribution in [2.24, 2.45) is 0 Å². The number of carbonyl (C=O) groups excluding carboxylic acids is 1. The van der Waals surface area contributed by atoms with Crippen molar-refractivity contribution in [3.8, 4) is 17.2 Å². The quantitative estimate of drug-likeness (QED) is 0.616. The molecular formula is C14H19BO5. The molecule has 0 heterocycles. The summed E-state index contributed by atoms with van der Waals surface area (Å²) in [4.78, 5) is 12.3. The van der Waals surface area contributed by atoms with E-state index >= 15 is 0 Å². The smallest absolute Gasteiger partial charge is 0.346 e. The third-order valence-corrected chi connectivity index (χ3v) is 2.46. The minimum atomic E-state index is -0.648. The lowest BCUT2D eigenvalue weighted by Crippen LogP contribution is -2.26. The maximum atomic E-state index is 12.3. The molecule has 0 atom stereocenters. The zero-order chi connectivity index (χ0) is 15.5. The van der Waals surface area contributed by atoms with Gasteiger partial charge in [0, 0.05) is 0 Å². The van der Waals surface area contributed by atoms with Crippen LogP contribution < -0.4 is 19.7 Å². The second kappa shape index (κ2) is 6.07. The Kier molecular flexibility index (Phi) is 4.92. The minimum absolute atomic E-state index is 0.113. The molecule has 6 heteroatoms. The van der Waals surface area contributed by atoms with Gasteiger partial charge in [0.25, 0.3) is 0 Å². The molecular weight excluding hydrogens is 259 g/mol. The summed E-state index contributed by atoms with van der Waals surface area (Å²) in [6.45, 7) is 5.31. The van der Waals surface area contributed by atoms with Gasteiger partial charge in [0.1, 0.15) is 24.8 Å². The van der Waals surface area contributed by atoms with Crippen molar-refractivity contribution in [2.45, 2.75) is 26.4 Å². The highest BCUT2D eigenvalue weighted by molar-refractivity contribution is 6.35. The summed E-state index contributed by atoms with van der Waals surface area (Å²) in [7, 11) is 10.2. The van der Waals surface area contributed by atoms with Gasteiger partial charge in [-0.15, -0.1) is 0 Å². The summed E-state index contributed by atoms with van der Waals surface area (Å²) in [6.07, 6.45) is 0. The van der Waals surface area contributed by atoms with E-state index in [1.54, 1.807) is 20.8 Å². The number of ether oxygens (including phenoxy) is 4. The average Bonchev–Trinajstić information content (AvgIpc) is 2.35. The van der Waals surface area contributed by atoms with E-state index in [1.165, 1.54) is 27.4 Å². The second-order valence-corrected chi connectivity index (χ2v) is 5.11. The van der Waals surface area contributed by atoms with Crippen molar-refractivity contribution in [1.82, 2.24) is 0 Å². The van der Waals surface area contributed by atoms with Crippen LogP contribution in [-0.2, 0) is 4.74 Å². The van der Waals surface area contributed by atoms with Crippen LogP contribution in [0.4, 0.5) is 0 Å². The number of benzene rings is 1. The van der Waals surface area contributed by atoms with E-state index in [4.69, 9.17) is 26.8 Å². The maximum Gasteiger partial charge on any atom is 0.346 e. The molecule has 0 aliphatic heterocycles. The van der Waals surface area contributed by atoms with Crippen LogP contribution >= 0.6 is 0 Å². The first-order chi connectivity index (χ1) is 9.25. The highest BCUT2D eigenvalue weighted by Gasteiger charge is 2.28. The Morgan fingerprint density at radius 1 is 1.05 bits per heavy atom. The number of rotatable bonds is 4. The molecule has 5 nitrogen and oxygen atoms in total. The lowest BCUT2D eigenvalue weighted by Gasteiger charge is -2.23. The van der Waals surface area contributed by atoms with Gasteiger partial charge < -0.3 is 18.9 Å². The third kappa shape index (κ3) is 3.38. The summed E-state index contributed by atoms with van der Waals surface area (Å²) in [6, 6.07) is 1.53. The normalized spacial score (nSPS) is 10.9. The van der Waals surface area contributed by atoms with E-state index in [0.717, 1.165) is 0 Å². The lowest BCUT2D eigenvalue weighted by atomic mass is 9.91. The van der Waals surface area contributed by atoms with Gasteiger partial charge in [-0.1, -0.05) is 5.46 Å². The van der Waals surface area contributed by atoms with Crippen molar-refractivity contribution >= 4 is 19.3 Å². The fourth-order valence-electron chi connectivity index (χ4n) is 1.73. The van der Waals surface area contributed by atoms with Crippen molar-refractivity contribution in [3.63, 3.8) is 0 Å². The van der Waals surface area contributed by atoms with Crippen LogP contribution in [0.1, 0.15) is 31.1 Å². The molecule has 0 bridgehead atoms. The molecule has 0 aliphatic carbocycles. The number of carbonyl (C=O) groups is 1. The Morgan fingerprint density at radius 2 is 1.60 bits per heavy atom. The molecule has 0 spiro atoms. The van der Waals surface area contributed by atoms with Gasteiger partial charge in [0.2, 0.25) is 0 Å². The average molecular weight is 278 g/mol. The van der Waals surface area contributed by atoms with Gasteiger partial charge in [0.05, 0.1) is 21.3 Å². The van der Waals surface area contributed by atoms with Crippen molar-refractivity contribution < 1.29 is 23.7 Å². The zero-order valence-electron chi connectivity index (χ0n) is 12.7. The van der Waals surface area contributed by atoms with Gasteiger partial charge >= 0.3 is 5.97 Å². The SMILES string of the molecule is [B]c1cc(OC)c(OC)c(C(=O)OC(C)(C)C)c1OC. The number of hydrogen-bond donors (Lipinski definition) is 0. The predicted molar refractivity (Wildman–Crippen MR) is 76.7 cm³/mol. The molecule has 0 saturated carbocycles. The van der Waals surface area contributed by atoms with Crippen LogP contribution in [0.2, 0.25) is 0 Å². The molecule has 0 saturated heterocycles. The van der Waals surface area contributed by atoms with E-state index < -0.39 is 11.6 Å². The highest BCUT2D eigenvalue weighted by Crippen LogP contribution is 2.36. The monoisotopic (exact) mass is 278 g/mol. The molecule has 1 rings (SSSR count). The Hall–Kier alpha value is -1.85. The maximum absolute atomic E-state index is 12.3. The summed E-state index contributed by atoms with van der Waals surface area (Å²) >= 11 is 0. The summed E-state index contributed by atoms with van der Waals surface area (Å²) in [5.74, 6) is 0.188. The molecule has 0 fully saturated rings. The Labute approximate surface area is 120 Å². The van der Waals surface area contributed by atoms with Crippen LogP contribution in [0.3, 0.4) is 0 Å². The van der Waals surface area contributed by atoms with E-state index in [9.17, 15) is 4.79 Å². The first kappa shape index (κ1) is 16.2. The van der Waals surface area contributed by atoms with E-state index in [2.05, 4.69) is 0 Å². The Bertz CT molecular complexity index is 505. The van der Waals surface area contributed by atoms with Gasteiger partial charge in [0.15, 0.2) is 11.5 Å².